The summed E-state index contributed by atoms with van der Waals surface area (Å²) in [6.07, 6.45) is 4.00. The molecule has 3 aliphatic rings. The minimum atomic E-state index is -0.986. The zero-order valence-electron chi connectivity index (χ0n) is 18.2. The highest BCUT2D eigenvalue weighted by molar-refractivity contribution is 6.30. The Kier molecular flexibility index (Phi) is 6.74. The molecule has 174 valence electrons. The number of nitrogens with zero attached hydrogens (tertiary/aromatic N) is 1. The van der Waals surface area contributed by atoms with Crippen molar-refractivity contribution < 1.29 is 24.2 Å². The highest BCUT2D eigenvalue weighted by atomic mass is 35.5. The van der Waals surface area contributed by atoms with Gasteiger partial charge in [-0.2, -0.15) is 0 Å². The Balaban J connectivity index is 1.60. The third kappa shape index (κ3) is 3.89. The molecule has 3 amide bonds. The summed E-state index contributed by atoms with van der Waals surface area (Å²) in [5.74, 6) is -1.93. The molecule has 5 atom stereocenters. The molecule has 2 unspecified atom stereocenters. The van der Waals surface area contributed by atoms with Crippen molar-refractivity contribution in [3.63, 3.8) is 0 Å². The Bertz CT molecular complexity index is 879. The average Bonchev–Trinajstić information content (AvgIpc) is 3.42. The second kappa shape index (κ2) is 9.37. The van der Waals surface area contributed by atoms with Crippen LogP contribution in [0.5, 0.6) is 0 Å². The monoisotopic (exact) mass is 463 g/mol. The Morgan fingerprint density at radius 3 is 2.59 bits per heavy atom. The number of benzene rings is 1. The first kappa shape index (κ1) is 23.0. The Hall–Kier alpha value is -2.16. The van der Waals surface area contributed by atoms with Crippen LogP contribution in [0.25, 0.3) is 0 Å². The van der Waals surface area contributed by atoms with Gasteiger partial charge in [-0.25, -0.2) is 0 Å². The number of anilines is 1. The smallest absolute Gasteiger partial charge is 0.250 e. The molecule has 1 aromatic rings. The molecule has 0 radical (unpaired) electrons. The van der Waals surface area contributed by atoms with Gasteiger partial charge >= 0.3 is 0 Å². The average molecular weight is 464 g/mol. The number of ether oxygens (including phenoxy) is 1. The lowest BCUT2D eigenvalue weighted by atomic mass is 9.70. The molecule has 1 spiro atoms. The van der Waals surface area contributed by atoms with Gasteiger partial charge in [-0.15, -0.1) is 0 Å². The summed E-state index contributed by atoms with van der Waals surface area (Å²) in [7, 11) is 1.56. The van der Waals surface area contributed by atoms with E-state index in [-0.39, 0.29) is 30.4 Å². The van der Waals surface area contributed by atoms with Crippen LogP contribution in [-0.2, 0) is 19.1 Å². The van der Waals surface area contributed by atoms with Crippen LogP contribution in [0.3, 0.4) is 0 Å². The van der Waals surface area contributed by atoms with Crippen LogP contribution in [0.15, 0.2) is 24.3 Å². The summed E-state index contributed by atoms with van der Waals surface area (Å²) in [4.78, 5) is 41.3. The Morgan fingerprint density at radius 2 is 1.91 bits per heavy atom. The standard InChI is InChI=1S/C23H30ClN3O5/c1-25-20(29)17-16-10-11-23(32-16)18(17)22(31)27(12-4-2-3-5-13-28)19(23)21(30)26-15-8-6-14(24)7-9-15/h6-9,16-19,28H,2-5,10-13H2,1H3,(H,25,29)(H,26,30)/t16-,17+,18+,19?,23?/m1/s1. The number of aliphatic hydroxyl groups excluding tert-OH is 1. The van der Waals surface area contributed by atoms with Crippen molar-refractivity contribution in [1.29, 1.82) is 0 Å². The molecule has 2 bridgehead atoms. The summed E-state index contributed by atoms with van der Waals surface area (Å²) in [6.45, 7) is 0.554. The quantitative estimate of drug-likeness (QED) is 0.485. The Labute approximate surface area is 192 Å². The van der Waals surface area contributed by atoms with Crippen LogP contribution < -0.4 is 10.6 Å². The van der Waals surface area contributed by atoms with Crippen molar-refractivity contribution in [2.45, 2.75) is 56.3 Å². The van der Waals surface area contributed by atoms with Crippen molar-refractivity contribution >= 4 is 35.0 Å². The Morgan fingerprint density at radius 1 is 1.19 bits per heavy atom. The third-order valence-electron chi connectivity index (χ3n) is 7.02. The molecule has 0 saturated carbocycles. The number of halogens is 1. The predicted octanol–water partition coefficient (Wildman–Crippen LogP) is 1.95. The van der Waals surface area contributed by atoms with E-state index in [9.17, 15) is 14.4 Å². The number of rotatable bonds is 9. The number of carbonyl (C=O) groups excluding carboxylic acids is 3. The summed E-state index contributed by atoms with van der Waals surface area (Å²) < 4.78 is 6.32. The third-order valence-corrected chi connectivity index (χ3v) is 7.27. The van der Waals surface area contributed by atoms with Gasteiger partial charge in [-0.05, 0) is 49.9 Å². The lowest BCUT2D eigenvalue weighted by Gasteiger charge is -2.33. The van der Waals surface area contributed by atoms with Crippen LogP contribution in [0.1, 0.15) is 38.5 Å². The molecule has 0 aliphatic carbocycles. The summed E-state index contributed by atoms with van der Waals surface area (Å²) in [5.41, 5.74) is -0.398. The topological polar surface area (TPSA) is 108 Å². The predicted molar refractivity (Wildman–Crippen MR) is 119 cm³/mol. The summed E-state index contributed by atoms with van der Waals surface area (Å²) in [5, 5.41) is 15.1. The molecule has 8 nitrogen and oxygen atoms in total. The first-order valence-electron chi connectivity index (χ1n) is 11.3. The van der Waals surface area contributed by atoms with Crippen LogP contribution in [0, 0.1) is 11.8 Å². The van der Waals surface area contributed by atoms with E-state index in [1.807, 2.05) is 0 Å². The first-order valence-corrected chi connectivity index (χ1v) is 11.7. The van der Waals surface area contributed by atoms with Gasteiger partial charge in [0.15, 0.2) is 0 Å². The molecule has 3 fully saturated rings. The number of likely N-dealkylation sites (tertiary alicyclic amines) is 1. The lowest BCUT2D eigenvalue weighted by molar-refractivity contribution is -0.140. The molecule has 3 heterocycles. The van der Waals surface area contributed by atoms with E-state index in [0.29, 0.717) is 42.9 Å². The number of fused-ring (bicyclic) bond motifs is 1. The van der Waals surface area contributed by atoms with E-state index < -0.39 is 23.5 Å². The number of hydrogen-bond donors (Lipinski definition) is 3. The molecule has 4 rings (SSSR count). The van der Waals surface area contributed by atoms with Gasteiger partial charge in [-0.3, -0.25) is 14.4 Å². The molecular weight excluding hydrogens is 434 g/mol. The molecule has 9 heteroatoms. The minimum Gasteiger partial charge on any atom is -0.396 e. The molecule has 3 N–H and O–H groups in total. The van der Waals surface area contributed by atoms with Gasteiger partial charge in [-0.1, -0.05) is 24.4 Å². The van der Waals surface area contributed by atoms with Gasteiger partial charge in [0.05, 0.1) is 17.9 Å². The number of unbranched alkanes of at least 4 members (excludes halogenated alkanes) is 3. The van der Waals surface area contributed by atoms with Gasteiger partial charge < -0.3 is 25.4 Å². The van der Waals surface area contributed by atoms with Crippen LogP contribution in [0.2, 0.25) is 5.02 Å². The van der Waals surface area contributed by atoms with Crippen molar-refractivity contribution in [2.75, 3.05) is 25.5 Å². The molecule has 1 aromatic carbocycles. The van der Waals surface area contributed by atoms with E-state index in [2.05, 4.69) is 10.6 Å². The maximum atomic E-state index is 13.6. The van der Waals surface area contributed by atoms with E-state index >= 15 is 0 Å². The lowest BCUT2D eigenvalue weighted by Crippen LogP contribution is -2.53. The summed E-state index contributed by atoms with van der Waals surface area (Å²) in [6, 6.07) is 6.01. The van der Waals surface area contributed by atoms with Crippen LogP contribution >= 0.6 is 11.6 Å². The molecule has 3 aliphatic heterocycles. The minimum absolute atomic E-state index is 0.142. The molecule has 3 saturated heterocycles. The highest BCUT2D eigenvalue weighted by Crippen LogP contribution is 2.58. The zero-order valence-corrected chi connectivity index (χ0v) is 18.9. The zero-order chi connectivity index (χ0) is 22.9. The summed E-state index contributed by atoms with van der Waals surface area (Å²) >= 11 is 5.95. The van der Waals surface area contributed by atoms with E-state index in [1.54, 1.807) is 36.2 Å². The second-order valence-electron chi connectivity index (χ2n) is 8.84. The van der Waals surface area contributed by atoms with Crippen molar-refractivity contribution in [2.24, 2.45) is 11.8 Å². The molecule has 32 heavy (non-hydrogen) atoms. The van der Waals surface area contributed by atoms with E-state index in [4.69, 9.17) is 21.4 Å². The number of amides is 3. The fourth-order valence-electron chi connectivity index (χ4n) is 5.65. The van der Waals surface area contributed by atoms with Gasteiger partial charge in [0.25, 0.3) is 0 Å². The maximum Gasteiger partial charge on any atom is 0.250 e. The van der Waals surface area contributed by atoms with E-state index in [1.165, 1.54) is 0 Å². The normalized spacial score (nSPS) is 30.5. The maximum absolute atomic E-state index is 13.6. The fourth-order valence-corrected chi connectivity index (χ4v) is 5.78. The van der Waals surface area contributed by atoms with Crippen molar-refractivity contribution in [3.8, 4) is 0 Å². The van der Waals surface area contributed by atoms with Gasteiger partial charge in [0.1, 0.15) is 11.6 Å². The van der Waals surface area contributed by atoms with Crippen molar-refractivity contribution in [1.82, 2.24) is 10.2 Å². The molecule has 0 aromatic heterocycles. The number of carbonyl (C=O) groups is 3. The number of nitrogens with one attached hydrogen (secondary N) is 2. The first-order chi connectivity index (χ1) is 15.4. The van der Waals surface area contributed by atoms with Crippen molar-refractivity contribution in [3.05, 3.63) is 29.3 Å². The highest BCUT2D eigenvalue weighted by Gasteiger charge is 2.74. The van der Waals surface area contributed by atoms with Crippen LogP contribution in [0.4, 0.5) is 5.69 Å². The van der Waals surface area contributed by atoms with Gasteiger partial charge in [0, 0.05) is 30.9 Å². The molecular formula is C23H30ClN3O5. The second-order valence-corrected chi connectivity index (χ2v) is 9.27. The van der Waals surface area contributed by atoms with E-state index in [0.717, 1.165) is 12.8 Å². The van der Waals surface area contributed by atoms with Crippen LogP contribution in [-0.4, -0.2) is 65.7 Å². The number of aliphatic hydroxyl groups is 1. The number of hydrogen-bond acceptors (Lipinski definition) is 5. The SMILES string of the molecule is CNC(=O)[C@@H]1[C@H]2C(=O)N(CCCCCCO)C(C(=O)Nc3ccc(Cl)cc3)C23CC[C@H]1O3. The largest absolute Gasteiger partial charge is 0.396 e. The fraction of sp³-hybridized carbons (Fsp3) is 0.609. The van der Waals surface area contributed by atoms with Gasteiger partial charge in [0.2, 0.25) is 17.7 Å².